The van der Waals surface area contributed by atoms with E-state index < -0.39 is 5.97 Å². The number of carbonyl (C=O) groups is 1. The molecule has 0 amide bonds. The van der Waals surface area contributed by atoms with Crippen molar-refractivity contribution in [2.24, 2.45) is 7.05 Å². The van der Waals surface area contributed by atoms with Gasteiger partial charge in [-0.15, -0.1) is 0 Å². The van der Waals surface area contributed by atoms with Crippen LogP contribution in [0.15, 0.2) is 40.9 Å². The molecule has 1 saturated heterocycles. The van der Waals surface area contributed by atoms with Gasteiger partial charge in [-0.05, 0) is 19.1 Å². The third kappa shape index (κ3) is 3.74. The molecule has 0 atom stereocenters. The Morgan fingerprint density at radius 2 is 1.93 bits per heavy atom. The number of rotatable bonds is 5. The lowest BCUT2D eigenvalue weighted by Gasteiger charge is -2.37. The number of fused-ring (bicyclic) bond motifs is 1. The van der Waals surface area contributed by atoms with Crippen molar-refractivity contribution >= 4 is 22.6 Å². The minimum Gasteiger partial charge on any atom is -0.497 e. The van der Waals surface area contributed by atoms with Crippen molar-refractivity contribution in [2.45, 2.75) is 13.3 Å². The Morgan fingerprint density at radius 3 is 2.62 bits per heavy atom. The van der Waals surface area contributed by atoms with Crippen LogP contribution in [0.1, 0.15) is 23.7 Å². The molecule has 1 aromatic carbocycles. The molecule has 3 heterocycles. The van der Waals surface area contributed by atoms with Crippen LogP contribution < -0.4 is 10.5 Å². The van der Waals surface area contributed by atoms with Crippen LogP contribution in [0.4, 0.5) is 5.69 Å². The second kappa shape index (κ2) is 8.29. The van der Waals surface area contributed by atoms with Crippen LogP contribution >= 0.6 is 0 Å². The van der Waals surface area contributed by atoms with Gasteiger partial charge < -0.3 is 18.9 Å². The fraction of sp³-hybridized carbons (Fsp3) is 0.455. The minimum absolute atomic E-state index is 0.128. The summed E-state index contributed by atoms with van der Waals surface area (Å²) in [4.78, 5) is 30.3. The van der Waals surface area contributed by atoms with E-state index in [1.165, 1.54) is 4.57 Å². The van der Waals surface area contributed by atoms with Gasteiger partial charge in [0.2, 0.25) is 0 Å². The molecule has 2 aliphatic heterocycles. The van der Waals surface area contributed by atoms with Gasteiger partial charge in [-0.3, -0.25) is 9.69 Å². The molecule has 154 valence electrons. The van der Waals surface area contributed by atoms with E-state index >= 15 is 0 Å². The number of nitrogens with zero attached hydrogens (tertiary/aromatic N) is 3. The fourth-order valence-electron chi connectivity index (χ4n) is 4.12. The standard InChI is InChI=1S/C22H27N3O4/c1-3-28-22(27)19-20(17-8-4-5-9-18(17)23(2)21(19)26)25-12-10-24(11-13-25)15-16-7-6-14-29-16/h4-5,7-9H,3,6,10-15H2,1-2H3. The number of anilines is 1. The second-order valence-electron chi connectivity index (χ2n) is 7.40. The fourth-order valence-corrected chi connectivity index (χ4v) is 4.12. The highest BCUT2D eigenvalue weighted by atomic mass is 16.5. The Morgan fingerprint density at radius 1 is 1.17 bits per heavy atom. The van der Waals surface area contributed by atoms with Crippen LogP contribution in [0.3, 0.4) is 0 Å². The lowest BCUT2D eigenvalue weighted by atomic mass is 10.1. The number of pyridine rings is 1. The summed E-state index contributed by atoms with van der Waals surface area (Å²) in [6.45, 7) is 6.72. The first-order valence-electron chi connectivity index (χ1n) is 10.2. The van der Waals surface area contributed by atoms with E-state index in [9.17, 15) is 9.59 Å². The first-order valence-corrected chi connectivity index (χ1v) is 10.2. The Bertz CT molecular complexity index is 1000. The summed E-state index contributed by atoms with van der Waals surface area (Å²) in [5.41, 5.74) is 1.32. The van der Waals surface area contributed by atoms with E-state index in [1.807, 2.05) is 24.3 Å². The summed E-state index contributed by atoms with van der Waals surface area (Å²) in [6.07, 6.45) is 3.14. The highest BCUT2D eigenvalue weighted by Crippen LogP contribution is 2.30. The number of hydrogen-bond donors (Lipinski definition) is 0. The van der Waals surface area contributed by atoms with Crippen LogP contribution in [0.25, 0.3) is 10.9 Å². The number of para-hydroxylation sites is 1. The molecule has 0 saturated carbocycles. The summed E-state index contributed by atoms with van der Waals surface area (Å²) in [7, 11) is 1.70. The SMILES string of the molecule is CCOC(=O)c1c(N2CCN(CC3=CCCO3)CC2)c2ccccc2n(C)c1=O. The predicted molar refractivity (Wildman–Crippen MR) is 112 cm³/mol. The molecule has 2 aliphatic rings. The van der Waals surface area contributed by atoms with Gasteiger partial charge in [-0.1, -0.05) is 18.2 Å². The molecule has 0 spiro atoms. The van der Waals surface area contributed by atoms with Gasteiger partial charge in [0.15, 0.2) is 0 Å². The van der Waals surface area contributed by atoms with Crippen LogP contribution in [0, 0.1) is 0 Å². The first kappa shape index (κ1) is 19.5. The highest BCUT2D eigenvalue weighted by molar-refractivity contribution is 6.05. The predicted octanol–water partition coefficient (Wildman–Crippen LogP) is 2.14. The third-order valence-corrected chi connectivity index (χ3v) is 5.60. The lowest BCUT2D eigenvalue weighted by Crippen LogP contribution is -2.48. The lowest BCUT2D eigenvalue weighted by molar-refractivity contribution is 0.0524. The zero-order valence-corrected chi connectivity index (χ0v) is 17.0. The van der Waals surface area contributed by atoms with E-state index in [0.29, 0.717) is 5.69 Å². The quantitative estimate of drug-likeness (QED) is 0.721. The Balaban J connectivity index is 1.69. The molecule has 0 bridgehead atoms. The van der Waals surface area contributed by atoms with Gasteiger partial charge in [0, 0.05) is 45.0 Å². The van der Waals surface area contributed by atoms with Crippen molar-refractivity contribution in [1.29, 1.82) is 0 Å². The Kier molecular flexibility index (Phi) is 5.58. The Hall–Kier alpha value is -2.80. The van der Waals surface area contributed by atoms with Gasteiger partial charge in [0.25, 0.3) is 5.56 Å². The number of carbonyl (C=O) groups excluding carboxylic acids is 1. The van der Waals surface area contributed by atoms with Gasteiger partial charge >= 0.3 is 5.97 Å². The van der Waals surface area contributed by atoms with Gasteiger partial charge in [-0.25, -0.2) is 4.79 Å². The topological polar surface area (TPSA) is 64.0 Å². The molecule has 0 unspecified atom stereocenters. The minimum atomic E-state index is -0.555. The van der Waals surface area contributed by atoms with Gasteiger partial charge in [-0.2, -0.15) is 0 Å². The zero-order chi connectivity index (χ0) is 20.4. The number of ether oxygens (including phenoxy) is 2. The van der Waals surface area contributed by atoms with E-state index in [4.69, 9.17) is 9.47 Å². The number of benzene rings is 1. The number of piperazine rings is 1. The van der Waals surface area contributed by atoms with Crippen LogP contribution in [-0.4, -0.2) is 61.4 Å². The summed E-state index contributed by atoms with van der Waals surface area (Å²) < 4.78 is 12.4. The molecule has 4 rings (SSSR count). The molecule has 29 heavy (non-hydrogen) atoms. The Labute approximate surface area is 170 Å². The average Bonchev–Trinajstić information content (AvgIpc) is 3.24. The molecule has 2 aromatic rings. The second-order valence-corrected chi connectivity index (χ2v) is 7.40. The van der Waals surface area contributed by atoms with Crippen molar-refractivity contribution in [3.63, 3.8) is 0 Å². The third-order valence-electron chi connectivity index (χ3n) is 5.60. The monoisotopic (exact) mass is 397 g/mol. The maximum absolute atomic E-state index is 13.1. The largest absolute Gasteiger partial charge is 0.497 e. The molecule has 7 heteroatoms. The highest BCUT2D eigenvalue weighted by Gasteiger charge is 2.28. The molecule has 7 nitrogen and oxygen atoms in total. The molecule has 0 N–H and O–H groups in total. The van der Waals surface area contributed by atoms with Crippen molar-refractivity contribution in [3.8, 4) is 0 Å². The molecule has 0 radical (unpaired) electrons. The van der Waals surface area contributed by atoms with E-state index in [0.717, 1.165) is 62.4 Å². The van der Waals surface area contributed by atoms with E-state index in [2.05, 4.69) is 15.9 Å². The smallest absolute Gasteiger partial charge is 0.345 e. The van der Waals surface area contributed by atoms with Crippen molar-refractivity contribution in [2.75, 3.05) is 50.8 Å². The van der Waals surface area contributed by atoms with E-state index in [-0.39, 0.29) is 17.7 Å². The molecular formula is C22H27N3O4. The zero-order valence-electron chi connectivity index (χ0n) is 17.0. The van der Waals surface area contributed by atoms with Crippen LogP contribution in [0.2, 0.25) is 0 Å². The number of esters is 1. The molecular weight excluding hydrogens is 370 g/mol. The average molecular weight is 397 g/mol. The molecule has 1 fully saturated rings. The summed E-state index contributed by atoms with van der Waals surface area (Å²) in [5, 5.41) is 0.896. The summed E-state index contributed by atoms with van der Waals surface area (Å²) in [5.74, 6) is 0.491. The number of aryl methyl sites for hydroxylation is 1. The summed E-state index contributed by atoms with van der Waals surface area (Å²) >= 11 is 0. The van der Waals surface area contributed by atoms with Crippen molar-refractivity contribution in [1.82, 2.24) is 9.47 Å². The van der Waals surface area contributed by atoms with Crippen molar-refractivity contribution < 1.29 is 14.3 Å². The molecule has 0 aliphatic carbocycles. The first-order chi connectivity index (χ1) is 14.1. The maximum atomic E-state index is 13.1. The van der Waals surface area contributed by atoms with Crippen LogP contribution in [-0.2, 0) is 16.5 Å². The maximum Gasteiger partial charge on any atom is 0.345 e. The number of aromatic nitrogens is 1. The van der Waals surface area contributed by atoms with Crippen LogP contribution in [0.5, 0.6) is 0 Å². The number of hydrogen-bond acceptors (Lipinski definition) is 6. The van der Waals surface area contributed by atoms with Crippen molar-refractivity contribution in [3.05, 3.63) is 52.0 Å². The van der Waals surface area contributed by atoms with E-state index in [1.54, 1.807) is 14.0 Å². The normalized spacial score (nSPS) is 17.3. The molecule has 1 aromatic heterocycles. The summed E-state index contributed by atoms with van der Waals surface area (Å²) in [6, 6.07) is 7.72. The van der Waals surface area contributed by atoms with Gasteiger partial charge in [0.05, 0.1) is 31.0 Å². The van der Waals surface area contributed by atoms with Gasteiger partial charge in [0.1, 0.15) is 11.3 Å².